The first-order valence-electron chi connectivity index (χ1n) is 2.80. The molecule has 0 saturated carbocycles. The Kier molecular flexibility index (Phi) is 0.887. The van der Waals surface area contributed by atoms with Crippen molar-refractivity contribution >= 4 is 17.8 Å². The predicted octanol–water partition coefficient (Wildman–Crippen LogP) is 1.09. The van der Waals surface area contributed by atoms with Gasteiger partial charge >= 0.3 is 0 Å². The van der Waals surface area contributed by atoms with Gasteiger partial charge in [-0.1, -0.05) is 0 Å². The molecule has 0 aliphatic heterocycles. The van der Waals surface area contributed by atoms with Gasteiger partial charge in [0.2, 0.25) is 0 Å². The standard InChI is InChI=1S/C6H5N3O/c1-7-9-5-2-3-10-6(5)4-8-9/h2-4H,1H2. The Morgan fingerprint density at radius 3 is 3.40 bits per heavy atom. The van der Waals surface area contributed by atoms with Gasteiger partial charge in [-0.05, 0) is 0 Å². The summed E-state index contributed by atoms with van der Waals surface area (Å²) in [5.74, 6) is 0. The van der Waals surface area contributed by atoms with E-state index in [1.165, 1.54) is 4.79 Å². The lowest BCUT2D eigenvalue weighted by molar-refractivity contribution is 0.615. The number of fused-ring (bicyclic) bond motifs is 1. The van der Waals surface area contributed by atoms with E-state index in [0.717, 1.165) is 11.1 Å². The van der Waals surface area contributed by atoms with Crippen LogP contribution in [0.15, 0.2) is 28.0 Å². The number of furan rings is 1. The maximum Gasteiger partial charge on any atom is 0.174 e. The molecule has 0 aromatic carbocycles. The first kappa shape index (κ1) is 5.22. The van der Waals surface area contributed by atoms with Crippen LogP contribution < -0.4 is 0 Å². The lowest BCUT2D eigenvalue weighted by Gasteiger charge is -1.84. The molecule has 0 N–H and O–H groups in total. The Morgan fingerprint density at radius 1 is 1.70 bits per heavy atom. The molecular weight excluding hydrogens is 130 g/mol. The number of hydrogen-bond donors (Lipinski definition) is 0. The van der Waals surface area contributed by atoms with Crippen LogP contribution in [0.3, 0.4) is 0 Å². The smallest absolute Gasteiger partial charge is 0.174 e. The lowest BCUT2D eigenvalue weighted by atomic mass is 10.5. The van der Waals surface area contributed by atoms with Gasteiger partial charge in [-0.2, -0.15) is 10.2 Å². The molecule has 0 fully saturated rings. The van der Waals surface area contributed by atoms with Crippen LogP contribution in [0.1, 0.15) is 0 Å². The number of rotatable bonds is 1. The van der Waals surface area contributed by atoms with Crippen LogP contribution in [-0.4, -0.2) is 16.6 Å². The van der Waals surface area contributed by atoms with E-state index >= 15 is 0 Å². The van der Waals surface area contributed by atoms with Crippen LogP contribution in [0.2, 0.25) is 0 Å². The fourth-order valence-corrected chi connectivity index (χ4v) is 0.858. The summed E-state index contributed by atoms with van der Waals surface area (Å²) in [6.07, 6.45) is 3.19. The largest absolute Gasteiger partial charge is 0.461 e. The van der Waals surface area contributed by atoms with E-state index in [9.17, 15) is 0 Å². The molecule has 2 aromatic rings. The fourth-order valence-electron chi connectivity index (χ4n) is 0.858. The molecule has 2 heterocycles. The molecule has 2 aromatic heterocycles. The maximum absolute atomic E-state index is 5.03. The van der Waals surface area contributed by atoms with Gasteiger partial charge in [0.25, 0.3) is 0 Å². The molecule has 4 nitrogen and oxygen atoms in total. The van der Waals surface area contributed by atoms with Crippen molar-refractivity contribution in [1.29, 1.82) is 0 Å². The summed E-state index contributed by atoms with van der Waals surface area (Å²) in [5.41, 5.74) is 1.57. The lowest BCUT2D eigenvalue weighted by Crippen LogP contribution is -1.86. The van der Waals surface area contributed by atoms with Crippen LogP contribution >= 0.6 is 0 Å². The molecule has 10 heavy (non-hydrogen) atoms. The van der Waals surface area contributed by atoms with Crippen LogP contribution in [0, 0.1) is 0 Å². The Balaban J connectivity index is 2.88. The molecule has 0 aliphatic rings. The molecule has 0 saturated heterocycles. The van der Waals surface area contributed by atoms with E-state index in [1.807, 2.05) is 0 Å². The highest BCUT2D eigenvalue weighted by atomic mass is 16.3. The molecule has 0 unspecified atom stereocenters. The first-order valence-corrected chi connectivity index (χ1v) is 2.80. The van der Waals surface area contributed by atoms with Gasteiger partial charge in [0.1, 0.15) is 5.52 Å². The van der Waals surface area contributed by atoms with Crippen molar-refractivity contribution < 1.29 is 4.42 Å². The van der Waals surface area contributed by atoms with Crippen molar-refractivity contribution in [3.63, 3.8) is 0 Å². The fraction of sp³-hybridized carbons (Fsp3) is 0. The highest BCUT2D eigenvalue weighted by Gasteiger charge is 2.01. The summed E-state index contributed by atoms with van der Waals surface area (Å²) in [4.78, 5) is 1.42. The topological polar surface area (TPSA) is 43.3 Å². The van der Waals surface area contributed by atoms with Gasteiger partial charge in [0.15, 0.2) is 5.58 Å². The maximum atomic E-state index is 5.03. The SMILES string of the molecule is C=Nn1ncc2occc21. The summed E-state index contributed by atoms with van der Waals surface area (Å²) in [6, 6.07) is 1.79. The van der Waals surface area contributed by atoms with E-state index in [4.69, 9.17) is 4.42 Å². The second-order valence-electron chi connectivity index (χ2n) is 1.85. The van der Waals surface area contributed by atoms with Gasteiger partial charge in [0.05, 0.1) is 12.5 Å². The van der Waals surface area contributed by atoms with Crippen molar-refractivity contribution in [3.05, 3.63) is 18.5 Å². The van der Waals surface area contributed by atoms with Gasteiger partial charge < -0.3 is 4.42 Å². The van der Waals surface area contributed by atoms with Gasteiger partial charge in [-0.3, -0.25) is 0 Å². The average Bonchev–Trinajstić information content (AvgIpc) is 2.44. The molecule has 0 atom stereocenters. The zero-order valence-electron chi connectivity index (χ0n) is 5.19. The molecule has 50 valence electrons. The van der Waals surface area contributed by atoms with Crippen molar-refractivity contribution in [1.82, 2.24) is 9.89 Å². The van der Waals surface area contributed by atoms with Crippen molar-refractivity contribution in [2.75, 3.05) is 0 Å². The third kappa shape index (κ3) is 0.500. The third-order valence-corrected chi connectivity index (χ3v) is 1.31. The Labute approximate surface area is 56.7 Å². The number of aromatic nitrogens is 2. The second-order valence-corrected chi connectivity index (χ2v) is 1.85. The highest BCUT2D eigenvalue weighted by molar-refractivity contribution is 5.72. The van der Waals surface area contributed by atoms with Gasteiger partial charge in [0, 0.05) is 12.8 Å². The number of hydrogen-bond acceptors (Lipinski definition) is 3. The first-order chi connectivity index (χ1) is 4.92. The minimum atomic E-state index is 0.729. The highest BCUT2D eigenvalue weighted by Crippen LogP contribution is 2.12. The van der Waals surface area contributed by atoms with Crippen LogP contribution in [0.5, 0.6) is 0 Å². The molecule has 0 aliphatic carbocycles. The summed E-state index contributed by atoms with van der Waals surface area (Å²) < 4.78 is 5.03. The minimum Gasteiger partial charge on any atom is -0.461 e. The quantitative estimate of drug-likeness (QED) is 0.549. The summed E-state index contributed by atoms with van der Waals surface area (Å²) in [5, 5.41) is 7.49. The van der Waals surface area contributed by atoms with E-state index in [-0.39, 0.29) is 0 Å². The second kappa shape index (κ2) is 1.70. The van der Waals surface area contributed by atoms with Crippen molar-refractivity contribution in [2.24, 2.45) is 5.10 Å². The van der Waals surface area contributed by atoms with Crippen LogP contribution in [0.25, 0.3) is 11.1 Å². The van der Waals surface area contributed by atoms with E-state index < -0.39 is 0 Å². The zero-order chi connectivity index (χ0) is 6.97. The average molecular weight is 135 g/mol. The van der Waals surface area contributed by atoms with Crippen LogP contribution in [-0.2, 0) is 0 Å². The molecule has 0 radical (unpaired) electrons. The molecule has 0 bridgehead atoms. The Hall–Kier alpha value is -1.58. The molecule has 2 rings (SSSR count). The predicted molar refractivity (Wildman–Crippen MR) is 36.9 cm³/mol. The summed E-state index contributed by atoms with van der Waals surface area (Å²) >= 11 is 0. The normalized spacial score (nSPS) is 10.4. The van der Waals surface area contributed by atoms with Gasteiger partial charge in [-0.25, -0.2) is 0 Å². The van der Waals surface area contributed by atoms with E-state index in [2.05, 4.69) is 16.9 Å². The van der Waals surface area contributed by atoms with Gasteiger partial charge in [-0.15, -0.1) is 4.79 Å². The Bertz CT molecular complexity index is 360. The molecule has 0 spiro atoms. The van der Waals surface area contributed by atoms with Crippen molar-refractivity contribution in [2.45, 2.75) is 0 Å². The molecular formula is C6H5N3O. The number of nitrogens with zero attached hydrogens (tertiary/aromatic N) is 3. The van der Waals surface area contributed by atoms with E-state index in [1.54, 1.807) is 18.5 Å². The minimum absolute atomic E-state index is 0.729. The zero-order valence-corrected chi connectivity index (χ0v) is 5.19. The summed E-state index contributed by atoms with van der Waals surface area (Å²) in [6.45, 7) is 3.34. The summed E-state index contributed by atoms with van der Waals surface area (Å²) in [7, 11) is 0. The molecule has 0 amide bonds. The van der Waals surface area contributed by atoms with Crippen molar-refractivity contribution in [3.8, 4) is 0 Å². The third-order valence-electron chi connectivity index (χ3n) is 1.31. The van der Waals surface area contributed by atoms with E-state index in [0.29, 0.717) is 0 Å². The Morgan fingerprint density at radius 2 is 2.60 bits per heavy atom. The monoisotopic (exact) mass is 135 g/mol. The van der Waals surface area contributed by atoms with Crippen LogP contribution in [0.4, 0.5) is 0 Å². The molecule has 4 heteroatoms.